The molecule has 150 valence electrons. The third-order valence-corrected chi connectivity index (χ3v) is 7.84. The predicted molar refractivity (Wildman–Crippen MR) is 123 cm³/mol. The molecule has 0 aliphatic carbocycles. The molecule has 1 N–H and O–H groups in total. The SMILES string of the molecule is CN(CC(=O)Nc1ccccc1Br)C(=O)c1c(-n2cccc2)sc2c1CCSC2. The van der Waals surface area contributed by atoms with Crippen LogP contribution >= 0.6 is 39.0 Å². The number of likely N-dealkylation sites (N-methyl/N-ethyl adjacent to an activating group) is 1. The molecular weight excluding hydrogens is 470 g/mol. The Kier molecular flexibility index (Phi) is 6.12. The number of amides is 2. The van der Waals surface area contributed by atoms with E-state index in [2.05, 4.69) is 21.2 Å². The average molecular weight is 490 g/mol. The number of nitrogens with zero attached hydrogens (tertiary/aromatic N) is 2. The number of thiophene rings is 1. The van der Waals surface area contributed by atoms with Crippen molar-refractivity contribution in [3.05, 3.63) is 69.3 Å². The van der Waals surface area contributed by atoms with Gasteiger partial charge < -0.3 is 14.8 Å². The van der Waals surface area contributed by atoms with E-state index < -0.39 is 0 Å². The van der Waals surface area contributed by atoms with Gasteiger partial charge >= 0.3 is 0 Å². The Bertz CT molecular complexity index is 1050. The van der Waals surface area contributed by atoms with Crippen molar-refractivity contribution in [1.82, 2.24) is 9.47 Å². The lowest BCUT2D eigenvalue weighted by Gasteiger charge is -2.20. The van der Waals surface area contributed by atoms with E-state index in [0.717, 1.165) is 38.5 Å². The highest BCUT2D eigenvalue weighted by atomic mass is 79.9. The number of nitrogens with one attached hydrogen (secondary N) is 1. The summed E-state index contributed by atoms with van der Waals surface area (Å²) >= 11 is 7.00. The fraction of sp³-hybridized carbons (Fsp3) is 0.238. The standard InChI is InChI=1S/C21H20BrN3O2S2/c1-24(12-18(26)23-16-7-3-2-6-15(16)22)20(27)19-14-8-11-28-13-17(14)29-21(19)25-9-4-5-10-25/h2-7,9-10H,8,11-13H2,1H3,(H,23,26). The van der Waals surface area contributed by atoms with E-state index >= 15 is 0 Å². The summed E-state index contributed by atoms with van der Waals surface area (Å²) in [6, 6.07) is 11.3. The number of rotatable bonds is 5. The quantitative estimate of drug-likeness (QED) is 0.559. The number of carbonyl (C=O) groups excluding carboxylic acids is 2. The van der Waals surface area contributed by atoms with Crippen molar-refractivity contribution in [1.29, 1.82) is 0 Å². The molecule has 1 aliphatic heterocycles. The van der Waals surface area contributed by atoms with Crippen LogP contribution in [0, 0.1) is 0 Å². The molecule has 3 heterocycles. The molecule has 4 rings (SSSR count). The molecule has 0 radical (unpaired) electrons. The van der Waals surface area contributed by atoms with E-state index in [-0.39, 0.29) is 18.4 Å². The molecule has 0 saturated heterocycles. The van der Waals surface area contributed by atoms with Gasteiger partial charge in [-0.1, -0.05) is 12.1 Å². The molecule has 8 heteroatoms. The Hall–Kier alpha value is -2.03. The molecule has 0 saturated carbocycles. The molecule has 5 nitrogen and oxygen atoms in total. The van der Waals surface area contributed by atoms with Crippen LogP contribution < -0.4 is 5.32 Å². The summed E-state index contributed by atoms with van der Waals surface area (Å²) in [4.78, 5) is 28.7. The van der Waals surface area contributed by atoms with Crippen molar-refractivity contribution in [3.63, 3.8) is 0 Å². The minimum absolute atomic E-state index is 0.00927. The molecule has 0 bridgehead atoms. The fourth-order valence-electron chi connectivity index (χ4n) is 3.32. The first-order valence-corrected chi connectivity index (χ1v) is 12.0. The van der Waals surface area contributed by atoms with E-state index in [1.807, 2.05) is 65.1 Å². The summed E-state index contributed by atoms with van der Waals surface area (Å²) in [6.45, 7) is -0.00927. The number of carbonyl (C=O) groups is 2. The second-order valence-electron chi connectivity index (χ2n) is 6.77. The van der Waals surface area contributed by atoms with Gasteiger partial charge in [0, 0.05) is 34.5 Å². The molecule has 2 amide bonds. The number of halogens is 1. The Labute approximate surface area is 186 Å². The zero-order valence-corrected chi connectivity index (χ0v) is 19.1. The third kappa shape index (κ3) is 4.29. The van der Waals surface area contributed by atoms with Crippen molar-refractivity contribution in [2.75, 3.05) is 24.7 Å². The number of anilines is 1. The van der Waals surface area contributed by atoms with Crippen LogP contribution in [0.2, 0.25) is 0 Å². The van der Waals surface area contributed by atoms with Gasteiger partial charge in [0.15, 0.2) is 0 Å². The molecule has 0 fully saturated rings. The predicted octanol–water partition coefficient (Wildman–Crippen LogP) is 4.80. The van der Waals surface area contributed by atoms with Crippen molar-refractivity contribution in [3.8, 4) is 5.00 Å². The molecule has 29 heavy (non-hydrogen) atoms. The normalized spacial score (nSPS) is 13.0. The van der Waals surface area contributed by atoms with Crippen molar-refractivity contribution in [2.45, 2.75) is 12.2 Å². The van der Waals surface area contributed by atoms with E-state index in [1.54, 1.807) is 18.4 Å². The van der Waals surface area contributed by atoms with Gasteiger partial charge in [-0.25, -0.2) is 0 Å². The maximum Gasteiger partial charge on any atom is 0.257 e. The summed E-state index contributed by atoms with van der Waals surface area (Å²) in [5.74, 6) is 1.62. The second kappa shape index (κ2) is 8.77. The van der Waals surface area contributed by atoms with Gasteiger partial charge in [0.1, 0.15) is 5.00 Å². The Morgan fingerprint density at radius 1 is 1.21 bits per heavy atom. The minimum Gasteiger partial charge on any atom is -0.332 e. The summed E-state index contributed by atoms with van der Waals surface area (Å²) < 4.78 is 2.80. The van der Waals surface area contributed by atoms with Crippen molar-refractivity contribution >= 4 is 56.5 Å². The first kappa shape index (κ1) is 20.3. The van der Waals surface area contributed by atoms with E-state index in [9.17, 15) is 9.59 Å². The maximum absolute atomic E-state index is 13.4. The highest BCUT2D eigenvalue weighted by molar-refractivity contribution is 9.10. The van der Waals surface area contributed by atoms with E-state index in [0.29, 0.717) is 5.69 Å². The number of hydrogen-bond donors (Lipinski definition) is 1. The molecule has 2 aromatic heterocycles. The van der Waals surface area contributed by atoms with Crippen LogP contribution in [0.4, 0.5) is 5.69 Å². The van der Waals surface area contributed by atoms with Crippen LogP contribution in [0.5, 0.6) is 0 Å². The summed E-state index contributed by atoms with van der Waals surface area (Å²) in [6.07, 6.45) is 4.80. The van der Waals surface area contributed by atoms with Gasteiger partial charge in [0.25, 0.3) is 5.91 Å². The number of benzene rings is 1. The second-order valence-corrected chi connectivity index (χ2v) is 9.81. The lowest BCUT2D eigenvalue weighted by molar-refractivity contribution is -0.116. The Balaban J connectivity index is 1.57. The fourth-order valence-corrected chi connectivity index (χ4v) is 6.14. The van der Waals surface area contributed by atoms with Crippen molar-refractivity contribution < 1.29 is 9.59 Å². The van der Waals surface area contributed by atoms with E-state index in [4.69, 9.17) is 0 Å². The van der Waals surface area contributed by atoms with Gasteiger partial charge in [-0.3, -0.25) is 9.59 Å². The maximum atomic E-state index is 13.4. The number of fused-ring (bicyclic) bond motifs is 1. The lowest BCUT2D eigenvalue weighted by Crippen LogP contribution is -2.35. The molecule has 0 atom stereocenters. The zero-order chi connectivity index (χ0) is 20.4. The topological polar surface area (TPSA) is 54.3 Å². The molecule has 0 spiro atoms. The first-order chi connectivity index (χ1) is 14.0. The van der Waals surface area contributed by atoms with E-state index in [1.165, 1.54) is 9.78 Å². The number of para-hydroxylation sites is 1. The van der Waals surface area contributed by atoms with Crippen LogP contribution in [0.25, 0.3) is 5.00 Å². The van der Waals surface area contributed by atoms with Crippen LogP contribution in [0.3, 0.4) is 0 Å². The highest BCUT2D eigenvalue weighted by Gasteiger charge is 2.28. The minimum atomic E-state index is -0.227. The van der Waals surface area contributed by atoms with Crippen molar-refractivity contribution in [2.24, 2.45) is 0 Å². The zero-order valence-electron chi connectivity index (χ0n) is 15.9. The van der Waals surface area contributed by atoms with Crippen LogP contribution in [0.15, 0.2) is 53.3 Å². The van der Waals surface area contributed by atoms with Crippen LogP contribution in [-0.2, 0) is 17.0 Å². The van der Waals surface area contributed by atoms with Gasteiger partial charge in [-0.15, -0.1) is 11.3 Å². The monoisotopic (exact) mass is 489 g/mol. The molecular formula is C21H20BrN3O2S2. The largest absolute Gasteiger partial charge is 0.332 e. The lowest BCUT2D eigenvalue weighted by atomic mass is 10.1. The van der Waals surface area contributed by atoms with Gasteiger partial charge in [0.2, 0.25) is 5.91 Å². The Morgan fingerprint density at radius 2 is 1.97 bits per heavy atom. The molecule has 3 aromatic rings. The number of hydrogen-bond acceptors (Lipinski definition) is 4. The van der Waals surface area contributed by atoms with Gasteiger partial charge in [-0.2, -0.15) is 11.8 Å². The summed E-state index contributed by atoms with van der Waals surface area (Å²) in [7, 11) is 1.68. The molecule has 0 unspecified atom stereocenters. The smallest absolute Gasteiger partial charge is 0.257 e. The Morgan fingerprint density at radius 3 is 2.72 bits per heavy atom. The molecule has 1 aliphatic rings. The highest BCUT2D eigenvalue weighted by Crippen LogP contribution is 2.38. The van der Waals surface area contributed by atoms with Crippen LogP contribution in [-0.4, -0.2) is 40.6 Å². The number of aromatic nitrogens is 1. The van der Waals surface area contributed by atoms with Gasteiger partial charge in [0.05, 0.1) is 17.8 Å². The first-order valence-electron chi connectivity index (χ1n) is 9.20. The third-order valence-electron chi connectivity index (χ3n) is 4.73. The summed E-state index contributed by atoms with van der Waals surface area (Å²) in [5.41, 5.74) is 2.56. The average Bonchev–Trinajstić information content (AvgIpc) is 3.36. The van der Waals surface area contributed by atoms with Gasteiger partial charge in [-0.05, 0) is 57.9 Å². The van der Waals surface area contributed by atoms with Crippen LogP contribution in [0.1, 0.15) is 20.8 Å². The summed E-state index contributed by atoms with van der Waals surface area (Å²) in [5, 5.41) is 3.80. The number of thioether (sulfide) groups is 1. The molecule has 1 aromatic carbocycles.